The number of carbonyl (C=O) groups is 3. The lowest BCUT2D eigenvalue weighted by molar-refractivity contribution is -0.121. The molecule has 1 unspecified atom stereocenters. The van der Waals surface area contributed by atoms with Crippen LogP contribution < -0.4 is 32.3 Å². The standard InChI is InChI=1S/C40H51FN10O3/c1-5-32-37-29(21-44-51(37)26-16-18-50(19-17-26)22-24-8-6-10-28(34(24)41)40(54)48(2)3)27-9-7-11-30(36(27)49(32)4)46-31(35(43)39(53)45-25-14-15-25)20-33(42)47-38(52)23-12-13-23/h6-11,20-21,23,25-26,32,46H,5,12-19,22,42-43H2,1-4H3,(H,45,53)(H,47,52)/b33-20+,35-31+. The maximum Gasteiger partial charge on any atom is 0.269 e. The number of nitrogens with two attached hydrogens (primary N) is 2. The smallest absolute Gasteiger partial charge is 0.269 e. The first kappa shape index (κ1) is 37.0. The van der Waals surface area contributed by atoms with E-state index >= 15 is 4.39 Å². The fraction of sp³-hybridized carbons (Fsp3) is 0.450. The number of likely N-dealkylation sites (tertiary alicyclic amines) is 1. The Bertz CT molecular complexity index is 2010. The van der Waals surface area contributed by atoms with Crippen LogP contribution in [0.3, 0.4) is 0 Å². The fourth-order valence-corrected chi connectivity index (χ4v) is 7.64. The van der Waals surface area contributed by atoms with Crippen molar-refractivity contribution in [1.29, 1.82) is 0 Å². The molecule has 2 saturated carbocycles. The lowest BCUT2D eigenvalue weighted by atomic mass is 9.91. The van der Waals surface area contributed by atoms with Crippen LogP contribution in [-0.2, 0) is 16.1 Å². The van der Waals surface area contributed by atoms with Gasteiger partial charge in [-0.25, -0.2) is 4.39 Å². The Hall–Kier alpha value is -5.37. The number of allylic oxidation sites excluding steroid dienone is 1. The highest BCUT2D eigenvalue weighted by Crippen LogP contribution is 2.49. The van der Waals surface area contributed by atoms with Crippen molar-refractivity contribution in [3.8, 4) is 11.1 Å². The van der Waals surface area contributed by atoms with Crippen LogP contribution in [0, 0.1) is 11.7 Å². The average molecular weight is 739 g/mol. The lowest BCUT2D eigenvalue weighted by Crippen LogP contribution is -2.37. The van der Waals surface area contributed by atoms with E-state index in [0.717, 1.165) is 86.2 Å². The van der Waals surface area contributed by atoms with Crippen LogP contribution in [0.1, 0.15) is 85.6 Å². The number of nitrogens with zero attached hydrogens (tertiary/aromatic N) is 5. The molecule has 2 aliphatic carbocycles. The van der Waals surface area contributed by atoms with Crippen molar-refractivity contribution < 1.29 is 18.8 Å². The normalized spacial score (nSPS) is 19.4. The van der Waals surface area contributed by atoms with E-state index in [1.807, 2.05) is 18.3 Å². The highest BCUT2D eigenvalue weighted by atomic mass is 19.1. The molecule has 7 N–H and O–H groups in total. The Balaban J connectivity index is 1.13. The minimum atomic E-state index is -0.451. The maximum atomic E-state index is 15.4. The van der Waals surface area contributed by atoms with Crippen LogP contribution in [0.4, 0.5) is 15.8 Å². The molecular formula is C40H51FN10O3. The SMILES string of the molecule is CCC1c2c(cnn2C2CCN(Cc3cccc(C(=O)N(C)C)c3F)CC2)-c2cccc(NC(/C=C(\N)NC(=O)C3CC3)=C(/N)C(=O)NC3CC3)c2N1C. The number of aromatic nitrogens is 2. The molecule has 1 atom stereocenters. The molecule has 3 aromatic rings. The number of halogens is 1. The zero-order valence-corrected chi connectivity index (χ0v) is 31.5. The van der Waals surface area contributed by atoms with Gasteiger partial charge >= 0.3 is 0 Å². The number of amides is 3. The third kappa shape index (κ3) is 7.52. The summed E-state index contributed by atoms with van der Waals surface area (Å²) in [6.07, 6.45) is 9.48. The number of piperidine rings is 1. The van der Waals surface area contributed by atoms with E-state index in [1.165, 1.54) is 17.0 Å². The van der Waals surface area contributed by atoms with E-state index in [0.29, 0.717) is 17.8 Å². The van der Waals surface area contributed by atoms with Gasteiger partial charge in [0.05, 0.1) is 46.6 Å². The molecule has 4 aliphatic rings. The first-order valence-corrected chi connectivity index (χ1v) is 19.0. The van der Waals surface area contributed by atoms with Gasteiger partial charge in [0.25, 0.3) is 11.8 Å². The Morgan fingerprint density at radius 2 is 1.72 bits per heavy atom. The molecule has 13 nitrogen and oxygen atoms in total. The summed E-state index contributed by atoms with van der Waals surface area (Å²) in [5.74, 6) is -1.26. The van der Waals surface area contributed by atoms with Gasteiger partial charge in [-0.15, -0.1) is 0 Å². The van der Waals surface area contributed by atoms with Crippen molar-refractivity contribution >= 4 is 29.1 Å². The molecule has 3 amide bonds. The van der Waals surface area contributed by atoms with Crippen molar-refractivity contribution in [1.82, 2.24) is 30.2 Å². The van der Waals surface area contributed by atoms with Crippen molar-refractivity contribution in [3.63, 3.8) is 0 Å². The predicted octanol–water partition coefficient (Wildman–Crippen LogP) is 4.32. The number of carbonyl (C=O) groups excluding carboxylic acids is 3. The number of para-hydroxylation sites is 1. The van der Waals surface area contributed by atoms with Gasteiger partial charge < -0.3 is 37.2 Å². The molecule has 54 heavy (non-hydrogen) atoms. The molecule has 0 bridgehead atoms. The predicted molar refractivity (Wildman–Crippen MR) is 206 cm³/mol. The average Bonchev–Trinajstić information content (AvgIpc) is 4.10. The number of nitrogens with one attached hydrogen (secondary N) is 3. The minimum absolute atomic E-state index is 0.00318. The summed E-state index contributed by atoms with van der Waals surface area (Å²) in [4.78, 5) is 44.0. The van der Waals surface area contributed by atoms with Crippen LogP contribution in [0.2, 0.25) is 0 Å². The fourth-order valence-electron chi connectivity index (χ4n) is 7.64. The zero-order valence-electron chi connectivity index (χ0n) is 31.5. The topological polar surface area (TPSA) is 167 Å². The van der Waals surface area contributed by atoms with Gasteiger partial charge in [-0.05, 0) is 57.1 Å². The minimum Gasteiger partial charge on any atom is -0.393 e. The molecule has 3 fully saturated rings. The van der Waals surface area contributed by atoms with Gasteiger partial charge in [-0.1, -0.05) is 31.2 Å². The third-order valence-corrected chi connectivity index (χ3v) is 10.9. The van der Waals surface area contributed by atoms with Crippen molar-refractivity contribution in [2.75, 3.05) is 44.4 Å². The van der Waals surface area contributed by atoms with E-state index in [-0.39, 0.29) is 52.9 Å². The number of hydrogen-bond acceptors (Lipinski definition) is 9. The molecule has 0 spiro atoms. The maximum absolute atomic E-state index is 15.4. The molecule has 286 valence electrons. The van der Waals surface area contributed by atoms with E-state index in [2.05, 4.69) is 50.5 Å². The van der Waals surface area contributed by atoms with E-state index < -0.39 is 11.7 Å². The number of anilines is 2. The Kier molecular flexibility index (Phi) is 10.4. The molecule has 14 heteroatoms. The molecule has 7 rings (SSSR count). The highest BCUT2D eigenvalue weighted by molar-refractivity contribution is 5.97. The number of benzene rings is 2. The highest BCUT2D eigenvalue weighted by Gasteiger charge is 2.36. The first-order valence-electron chi connectivity index (χ1n) is 19.0. The van der Waals surface area contributed by atoms with Crippen LogP contribution in [-0.4, -0.2) is 77.6 Å². The summed E-state index contributed by atoms with van der Waals surface area (Å²) >= 11 is 0. The van der Waals surface area contributed by atoms with E-state index in [4.69, 9.17) is 16.6 Å². The van der Waals surface area contributed by atoms with Crippen molar-refractivity contribution in [2.45, 2.75) is 76.5 Å². The number of rotatable bonds is 12. The lowest BCUT2D eigenvalue weighted by Gasteiger charge is -2.39. The van der Waals surface area contributed by atoms with Crippen LogP contribution in [0.5, 0.6) is 0 Å². The van der Waals surface area contributed by atoms with E-state index in [9.17, 15) is 14.4 Å². The summed E-state index contributed by atoms with van der Waals surface area (Å²) in [5.41, 5.74) is 18.5. The van der Waals surface area contributed by atoms with Crippen LogP contribution in [0.15, 0.2) is 65.9 Å². The second kappa shape index (κ2) is 15.2. The van der Waals surface area contributed by atoms with Gasteiger partial charge in [0.15, 0.2) is 0 Å². The molecule has 3 heterocycles. The molecule has 2 aliphatic heterocycles. The largest absolute Gasteiger partial charge is 0.393 e. The van der Waals surface area contributed by atoms with Crippen molar-refractivity contribution in [3.05, 3.63) is 88.5 Å². The second-order valence-electron chi connectivity index (χ2n) is 15.2. The van der Waals surface area contributed by atoms with Gasteiger partial charge in [-0.2, -0.15) is 5.10 Å². The summed E-state index contributed by atoms with van der Waals surface area (Å²) < 4.78 is 17.6. The summed E-state index contributed by atoms with van der Waals surface area (Å²) in [6, 6.07) is 11.3. The molecule has 1 saturated heterocycles. The van der Waals surface area contributed by atoms with Gasteiger partial charge in [-0.3, -0.25) is 24.0 Å². The van der Waals surface area contributed by atoms with Crippen LogP contribution in [0.25, 0.3) is 11.1 Å². The molecule has 0 radical (unpaired) electrons. The third-order valence-electron chi connectivity index (χ3n) is 10.9. The Morgan fingerprint density at radius 1 is 1.00 bits per heavy atom. The van der Waals surface area contributed by atoms with Gasteiger partial charge in [0.2, 0.25) is 5.91 Å². The first-order chi connectivity index (χ1) is 25.9. The van der Waals surface area contributed by atoms with E-state index in [1.54, 1.807) is 26.2 Å². The van der Waals surface area contributed by atoms with Gasteiger partial charge in [0.1, 0.15) is 17.3 Å². The quantitative estimate of drug-likeness (QED) is 0.134. The van der Waals surface area contributed by atoms with Crippen LogP contribution >= 0.6 is 0 Å². The van der Waals surface area contributed by atoms with Gasteiger partial charge in [0, 0.05) is 75.5 Å². The summed E-state index contributed by atoms with van der Waals surface area (Å²) in [5, 5.41) is 14.1. The zero-order chi connectivity index (χ0) is 38.3. The molecule has 2 aromatic carbocycles. The van der Waals surface area contributed by atoms with Crippen molar-refractivity contribution in [2.24, 2.45) is 17.4 Å². The summed E-state index contributed by atoms with van der Waals surface area (Å²) in [6.45, 7) is 4.13. The summed E-state index contributed by atoms with van der Waals surface area (Å²) in [7, 11) is 5.32. The molecule has 1 aromatic heterocycles. The second-order valence-corrected chi connectivity index (χ2v) is 15.2. The Labute approximate surface area is 315 Å². The number of fused-ring (bicyclic) bond motifs is 3. The number of hydrogen-bond donors (Lipinski definition) is 5. The molecular weight excluding hydrogens is 688 g/mol. The monoisotopic (exact) mass is 738 g/mol. The Morgan fingerprint density at radius 3 is 2.39 bits per heavy atom.